The molecule has 0 saturated carbocycles. The Morgan fingerprint density at radius 2 is 1.33 bits per heavy atom. The van der Waals surface area contributed by atoms with Crippen molar-refractivity contribution in [3.8, 4) is 0 Å². The van der Waals surface area contributed by atoms with Crippen LogP contribution in [-0.2, 0) is 16.0 Å². The second-order valence-corrected chi connectivity index (χ2v) is 6.95. The molecule has 0 aromatic heterocycles. The predicted octanol–water partition coefficient (Wildman–Crippen LogP) is 5.22. The van der Waals surface area contributed by atoms with Gasteiger partial charge in [-0.05, 0) is 62.1 Å². The van der Waals surface area contributed by atoms with Gasteiger partial charge in [0.15, 0.2) is 0 Å². The summed E-state index contributed by atoms with van der Waals surface area (Å²) in [4.78, 5) is 23.5. The van der Waals surface area contributed by atoms with Gasteiger partial charge in [-0.1, -0.05) is 38.1 Å². The van der Waals surface area contributed by atoms with Gasteiger partial charge >= 0.3 is 6.09 Å². The van der Waals surface area contributed by atoms with E-state index >= 15 is 0 Å². The highest BCUT2D eigenvalue weighted by Crippen LogP contribution is 2.17. The minimum Gasteiger partial charge on any atom is -0.447 e. The number of rotatable bonds is 7. The molecule has 0 spiro atoms. The molecule has 2 rings (SSSR count). The van der Waals surface area contributed by atoms with E-state index in [1.54, 1.807) is 0 Å². The Hall–Kier alpha value is -2.82. The number of carbonyl (C=O) groups is 2. The van der Waals surface area contributed by atoms with Crippen molar-refractivity contribution < 1.29 is 14.3 Å². The molecular formula is C22H28N2O3. The molecule has 0 saturated heterocycles. The fraction of sp³-hybridized carbons (Fsp3) is 0.364. The van der Waals surface area contributed by atoms with Crippen molar-refractivity contribution in [2.24, 2.45) is 5.92 Å². The zero-order valence-electron chi connectivity index (χ0n) is 16.4. The summed E-state index contributed by atoms with van der Waals surface area (Å²) in [5, 5.41) is 5.63. The van der Waals surface area contributed by atoms with Crippen LogP contribution in [0.5, 0.6) is 0 Å². The molecule has 1 unspecified atom stereocenters. The van der Waals surface area contributed by atoms with Crippen molar-refractivity contribution in [3.05, 3.63) is 59.7 Å². The van der Waals surface area contributed by atoms with Crippen LogP contribution in [0.1, 0.15) is 45.2 Å². The van der Waals surface area contributed by atoms with Crippen LogP contribution in [0.15, 0.2) is 48.5 Å². The van der Waals surface area contributed by atoms with Crippen molar-refractivity contribution in [3.63, 3.8) is 0 Å². The van der Waals surface area contributed by atoms with Crippen molar-refractivity contribution >= 4 is 23.4 Å². The molecule has 0 aliphatic rings. The first-order valence-electron chi connectivity index (χ1n) is 9.33. The minimum absolute atomic E-state index is 0.00891. The Balaban J connectivity index is 1.91. The molecule has 27 heavy (non-hydrogen) atoms. The third-order valence-electron chi connectivity index (χ3n) is 4.23. The second-order valence-electron chi connectivity index (χ2n) is 6.95. The van der Waals surface area contributed by atoms with E-state index in [4.69, 9.17) is 4.74 Å². The molecule has 0 heterocycles. The molecule has 0 aliphatic carbocycles. The summed E-state index contributed by atoms with van der Waals surface area (Å²) >= 11 is 0. The maximum atomic E-state index is 11.9. The normalized spacial score (nSPS) is 11.7. The van der Waals surface area contributed by atoms with Crippen LogP contribution in [0.3, 0.4) is 0 Å². The summed E-state index contributed by atoms with van der Waals surface area (Å²) in [6.07, 6.45) is 0.996. The summed E-state index contributed by atoms with van der Waals surface area (Å²) in [6, 6.07) is 15.5. The van der Waals surface area contributed by atoms with Gasteiger partial charge in [0.05, 0.1) is 6.10 Å². The van der Waals surface area contributed by atoms with Crippen molar-refractivity contribution in [2.75, 3.05) is 10.6 Å². The van der Waals surface area contributed by atoms with Gasteiger partial charge in [-0.15, -0.1) is 0 Å². The number of hydrogen-bond acceptors (Lipinski definition) is 3. The van der Waals surface area contributed by atoms with Gasteiger partial charge in [0, 0.05) is 17.3 Å². The van der Waals surface area contributed by atoms with Gasteiger partial charge in [0.25, 0.3) is 0 Å². The molecule has 5 nitrogen and oxygen atoms in total. The number of nitrogens with one attached hydrogen (secondary N) is 2. The maximum absolute atomic E-state index is 11.9. The molecule has 0 aliphatic heterocycles. The fourth-order valence-corrected chi connectivity index (χ4v) is 2.46. The molecule has 5 heteroatoms. The van der Waals surface area contributed by atoms with Crippen molar-refractivity contribution in [1.29, 1.82) is 0 Å². The molecule has 0 bridgehead atoms. The van der Waals surface area contributed by atoms with Crippen molar-refractivity contribution in [1.82, 2.24) is 0 Å². The Morgan fingerprint density at radius 3 is 1.78 bits per heavy atom. The van der Waals surface area contributed by atoms with E-state index in [0.717, 1.165) is 29.7 Å². The Morgan fingerprint density at radius 1 is 0.852 bits per heavy atom. The van der Waals surface area contributed by atoms with E-state index in [1.807, 2.05) is 76.2 Å². The molecule has 144 valence electrons. The Kier molecular flexibility index (Phi) is 7.41. The minimum atomic E-state index is -0.451. The quantitative estimate of drug-likeness (QED) is 0.704. The smallest absolute Gasteiger partial charge is 0.411 e. The summed E-state index contributed by atoms with van der Waals surface area (Å²) < 4.78 is 5.06. The zero-order chi connectivity index (χ0) is 19.8. The highest BCUT2D eigenvalue weighted by molar-refractivity contribution is 5.92. The molecule has 2 aromatic rings. The van der Waals surface area contributed by atoms with Crippen molar-refractivity contribution in [2.45, 2.75) is 46.6 Å². The number of hydrogen-bond donors (Lipinski definition) is 2. The highest BCUT2D eigenvalue weighted by Gasteiger charge is 2.10. The average Bonchev–Trinajstić information content (AvgIpc) is 2.63. The van der Waals surface area contributed by atoms with Crippen LogP contribution in [0, 0.1) is 5.92 Å². The third-order valence-corrected chi connectivity index (χ3v) is 4.23. The largest absolute Gasteiger partial charge is 0.447 e. The monoisotopic (exact) mass is 368 g/mol. The van der Waals surface area contributed by atoms with Crippen LogP contribution in [-0.4, -0.2) is 18.1 Å². The molecule has 1 atom stereocenters. The summed E-state index contributed by atoms with van der Waals surface area (Å²) in [6.45, 7) is 7.54. The fourth-order valence-electron chi connectivity index (χ4n) is 2.46. The first kappa shape index (κ1) is 20.5. The first-order chi connectivity index (χ1) is 12.9. The van der Waals surface area contributed by atoms with E-state index in [9.17, 15) is 9.59 Å². The first-order valence-corrected chi connectivity index (χ1v) is 9.33. The zero-order valence-corrected chi connectivity index (χ0v) is 16.4. The third kappa shape index (κ3) is 6.77. The lowest BCUT2D eigenvalue weighted by atomic mass is 10.0. The van der Waals surface area contributed by atoms with Crippen LogP contribution >= 0.6 is 0 Å². The van der Waals surface area contributed by atoms with Gasteiger partial charge in [-0.2, -0.15) is 0 Å². The molecule has 2 aromatic carbocycles. The van der Waals surface area contributed by atoms with E-state index < -0.39 is 6.09 Å². The van der Waals surface area contributed by atoms with Crippen LogP contribution in [0.2, 0.25) is 0 Å². The van der Waals surface area contributed by atoms with E-state index in [1.165, 1.54) is 0 Å². The lowest BCUT2D eigenvalue weighted by Gasteiger charge is -2.11. The topological polar surface area (TPSA) is 67.4 Å². The molecular weight excluding hydrogens is 340 g/mol. The maximum Gasteiger partial charge on any atom is 0.411 e. The average molecular weight is 368 g/mol. The van der Waals surface area contributed by atoms with Crippen LogP contribution < -0.4 is 10.6 Å². The highest BCUT2D eigenvalue weighted by atomic mass is 16.6. The lowest BCUT2D eigenvalue weighted by molar-refractivity contribution is -0.119. The van der Waals surface area contributed by atoms with Gasteiger partial charge < -0.3 is 10.1 Å². The number of benzene rings is 2. The van der Waals surface area contributed by atoms with E-state index in [2.05, 4.69) is 10.6 Å². The summed E-state index contributed by atoms with van der Waals surface area (Å²) in [7, 11) is 0. The van der Waals surface area contributed by atoms with E-state index in [0.29, 0.717) is 5.69 Å². The SMILES string of the molecule is CCC(C)C(=O)Nc1ccc(Cc2ccc(NC(=O)OC(C)C)cc2)cc1. The summed E-state index contributed by atoms with van der Waals surface area (Å²) in [5.74, 6) is 0.0546. The van der Waals surface area contributed by atoms with E-state index in [-0.39, 0.29) is 17.9 Å². The Labute approximate surface area is 161 Å². The molecule has 0 fully saturated rings. The lowest BCUT2D eigenvalue weighted by Crippen LogP contribution is -2.19. The molecule has 2 amide bonds. The number of amides is 2. The van der Waals surface area contributed by atoms with Gasteiger partial charge in [0.1, 0.15) is 0 Å². The summed E-state index contributed by atoms with van der Waals surface area (Å²) in [5.41, 5.74) is 3.80. The van der Waals surface area contributed by atoms with Gasteiger partial charge in [-0.3, -0.25) is 10.1 Å². The standard InChI is InChI=1S/C22H28N2O3/c1-5-16(4)21(25)23-19-10-6-17(7-11-19)14-18-8-12-20(13-9-18)24-22(26)27-15(2)3/h6-13,15-16H,5,14H2,1-4H3,(H,23,25)(H,24,26). The van der Waals surface area contributed by atoms with Gasteiger partial charge in [0.2, 0.25) is 5.91 Å². The number of anilines is 2. The number of ether oxygens (including phenoxy) is 1. The van der Waals surface area contributed by atoms with Crippen LogP contribution in [0.25, 0.3) is 0 Å². The van der Waals surface area contributed by atoms with Crippen LogP contribution in [0.4, 0.5) is 16.2 Å². The molecule has 0 radical (unpaired) electrons. The number of carbonyl (C=O) groups excluding carboxylic acids is 2. The van der Waals surface area contributed by atoms with Gasteiger partial charge in [-0.25, -0.2) is 4.79 Å². The Bertz CT molecular complexity index is 752. The molecule has 2 N–H and O–H groups in total. The second kappa shape index (κ2) is 9.76. The predicted molar refractivity (Wildman–Crippen MR) is 109 cm³/mol.